The van der Waals surface area contributed by atoms with Gasteiger partial charge < -0.3 is 5.32 Å². The summed E-state index contributed by atoms with van der Waals surface area (Å²) < 4.78 is 0. The number of fused-ring (bicyclic) bond motifs is 1. The van der Waals surface area contributed by atoms with Crippen molar-refractivity contribution in [2.24, 2.45) is 0 Å². The first-order valence-corrected chi connectivity index (χ1v) is 6.40. The highest BCUT2D eigenvalue weighted by molar-refractivity contribution is 6.31. The lowest BCUT2D eigenvalue weighted by molar-refractivity contribution is -0.114. The number of benzene rings is 2. The maximum absolute atomic E-state index is 11.0. The van der Waals surface area contributed by atoms with Crippen LogP contribution in [0.1, 0.15) is 6.92 Å². The summed E-state index contributed by atoms with van der Waals surface area (Å²) in [5.74, 6) is -0.102. The molecule has 0 spiro atoms. The first-order chi connectivity index (χ1) is 9.61. The molecular formula is C14H11ClN4O. The highest BCUT2D eigenvalue weighted by Gasteiger charge is 2.05. The fourth-order valence-electron chi connectivity index (χ4n) is 1.88. The monoisotopic (exact) mass is 286 g/mol. The average Bonchev–Trinajstić information content (AvgIpc) is 2.81. The van der Waals surface area contributed by atoms with Gasteiger partial charge in [-0.05, 0) is 42.5 Å². The Hall–Kier alpha value is -2.40. The van der Waals surface area contributed by atoms with Crippen LogP contribution in [0.5, 0.6) is 0 Å². The second-order valence-corrected chi connectivity index (χ2v) is 4.79. The van der Waals surface area contributed by atoms with Crippen LogP contribution in [0.15, 0.2) is 42.5 Å². The molecule has 0 aliphatic heterocycles. The number of hydrogen-bond donors (Lipinski definition) is 1. The summed E-state index contributed by atoms with van der Waals surface area (Å²) in [6.07, 6.45) is 0. The third-order valence-electron chi connectivity index (χ3n) is 2.76. The second-order valence-electron chi connectivity index (χ2n) is 4.35. The second kappa shape index (κ2) is 4.94. The number of anilines is 1. The van der Waals surface area contributed by atoms with Gasteiger partial charge in [-0.25, -0.2) is 0 Å². The Kier molecular flexibility index (Phi) is 3.12. The van der Waals surface area contributed by atoms with Crippen molar-refractivity contribution in [2.45, 2.75) is 6.92 Å². The zero-order chi connectivity index (χ0) is 14.1. The third kappa shape index (κ3) is 2.48. The van der Waals surface area contributed by atoms with E-state index in [1.807, 2.05) is 18.2 Å². The van der Waals surface area contributed by atoms with Crippen molar-refractivity contribution in [3.8, 4) is 5.69 Å². The molecule has 0 radical (unpaired) electrons. The largest absolute Gasteiger partial charge is 0.326 e. The summed E-state index contributed by atoms with van der Waals surface area (Å²) in [4.78, 5) is 12.5. The molecule has 0 saturated carbocycles. The quantitative estimate of drug-likeness (QED) is 0.788. The van der Waals surface area contributed by atoms with E-state index in [1.165, 1.54) is 6.92 Å². The van der Waals surface area contributed by atoms with Crippen molar-refractivity contribution in [1.82, 2.24) is 15.0 Å². The summed E-state index contributed by atoms with van der Waals surface area (Å²) in [7, 11) is 0. The fraction of sp³-hybridized carbons (Fsp3) is 0.0714. The first-order valence-electron chi connectivity index (χ1n) is 6.02. The van der Waals surface area contributed by atoms with Crippen molar-refractivity contribution in [3.63, 3.8) is 0 Å². The van der Waals surface area contributed by atoms with E-state index in [9.17, 15) is 4.79 Å². The molecule has 1 heterocycles. The Labute approximate surface area is 120 Å². The minimum atomic E-state index is -0.102. The molecule has 1 aromatic heterocycles. The number of nitrogens with one attached hydrogen (secondary N) is 1. The van der Waals surface area contributed by atoms with E-state index < -0.39 is 0 Å². The van der Waals surface area contributed by atoms with Gasteiger partial charge in [0.05, 0.1) is 5.69 Å². The van der Waals surface area contributed by atoms with Crippen LogP contribution in [0, 0.1) is 0 Å². The van der Waals surface area contributed by atoms with Crippen molar-refractivity contribution in [1.29, 1.82) is 0 Å². The van der Waals surface area contributed by atoms with E-state index in [-0.39, 0.29) is 5.91 Å². The Bertz CT molecular complexity index is 779. The van der Waals surface area contributed by atoms with Crippen molar-refractivity contribution in [3.05, 3.63) is 47.5 Å². The highest BCUT2D eigenvalue weighted by atomic mass is 35.5. The van der Waals surface area contributed by atoms with Crippen molar-refractivity contribution >= 4 is 34.2 Å². The summed E-state index contributed by atoms with van der Waals surface area (Å²) in [5, 5.41) is 12.1. The van der Waals surface area contributed by atoms with Crippen LogP contribution in [0.25, 0.3) is 16.7 Å². The Morgan fingerprint density at radius 2 is 1.80 bits per heavy atom. The van der Waals surface area contributed by atoms with E-state index >= 15 is 0 Å². The lowest BCUT2D eigenvalue weighted by Crippen LogP contribution is -2.06. The number of rotatable bonds is 2. The average molecular weight is 287 g/mol. The molecule has 0 aliphatic rings. The summed E-state index contributed by atoms with van der Waals surface area (Å²) >= 11 is 5.93. The number of aromatic nitrogens is 3. The van der Waals surface area contributed by atoms with Gasteiger partial charge in [-0.1, -0.05) is 11.6 Å². The van der Waals surface area contributed by atoms with Gasteiger partial charge in [0.25, 0.3) is 0 Å². The maximum Gasteiger partial charge on any atom is 0.221 e. The lowest BCUT2D eigenvalue weighted by Gasteiger charge is -2.03. The standard InChI is InChI=1S/C14H11ClN4O/c1-9(20)16-11-3-5-12(6-4-11)19-17-13-7-2-10(15)8-14(13)18-19/h2-8H,1H3,(H,16,20). The smallest absolute Gasteiger partial charge is 0.221 e. The molecule has 2 aromatic carbocycles. The van der Waals surface area contributed by atoms with Crippen LogP contribution in [-0.2, 0) is 4.79 Å². The van der Waals surface area contributed by atoms with Crippen LogP contribution in [0.4, 0.5) is 5.69 Å². The third-order valence-corrected chi connectivity index (χ3v) is 3.00. The summed E-state index contributed by atoms with van der Waals surface area (Å²) in [6, 6.07) is 12.7. The van der Waals surface area contributed by atoms with Gasteiger partial charge in [0, 0.05) is 17.6 Å². The van der Waals surface area contributed by atoms with Gasteiger partial charge in [-0.2, -0.15) is 4.80 Å². The molecule has 0 bridgehead atoms. The molecule has 3 aromatic rings. The van der Waals surface area contributed by atoms with E-state index in [0.717, 1.165) is 22.4 Å². The summed E-state index contributed by atoms with van der Waals surface area (Å²) in [5.41, 5.74) is 3.07. The number of hydrogen-bond acceptors (Lipinski definition) is 3. The molecule has 1 amide bonds. The Morgan fingerprint density at radius 1 is 1.10 bits per heavy atom. The number of carbonyl (C=O) groups excluding carboxylic acids is 1. The van der Waals surface area contributed by atoms with Gasteiger partial charge in [0.1, 0.15) is 11.0 Å². The zero-order valence-electron chi connectivity index (χ0n) is 10.7. The highest BCUT2D eigenvalue weighted by Crippen LogP contribution is 2.18. The van der Waals surface area contributed by atoms with Gasteiger partial charge in [0.2, 0.25) is 5.91 Å². The molecular weight excluding hydrogens is 276 g/mol. The topological polar surface area (TPSA) is 59.8 Å². The molecule has 100 valence electrons. The first kappa shape index (κ1) is 12.6. The number of carbonyl (C=O) groups is 1. The number of nitrogens with zero attached hydrogens (tertiary/aromatic N) is 3. The number of amides is 1. The van der Waals surface area contributed by atoms with Crippen LogP contribution in [-0.4, -0.2) is 20.9 Å². The van der Waals surface area contributed by atoms with Crippen molar-refractivity contribution in [2.75, 3.05) is 5.32 Å². The van der Waals surface area contributed by atoms with Crippen molar-refractivity contribution < 1.29 is 4.79 Å². The zero-order valence-corrected chi connectivity index (χ0v) is 11.4. The van der Waals surface area contributed by atoms with Gasteiger partial charge >= 0.3 is 0 Å². The predicted molar refractivity (Wildman–Crippen MR) is 78.2 cm³/mol. The molecule has 1 N–H and O–H groups in total. The van der Waals surface area contributed by atoms with Crippen LogP contribution in [0.2, 0.25) is 5.02 Å². The fourth-order valence-corrected chi connectivity index (χ4v) is 2.05. The molecule has 0 unspecified atom stereocenters. The minimum absolute atomic E-state index is 0.102. The molecule has 3 rings (SSSR count). The Morgan fingerprint density at radius 3 is 2.50 bits per heavy atom. The van der Waals surface area contributed by atoms with Gasteiger partial charge in [-0.3, -0.25) is 4.79 Å². The van der Waals surface area contributed by atoms with E-state index in [1.54, 1.807) is 29.1 Å². The Balaban J connectivity index is 1.96. The molecule has 0 fully saturated rings. The molecule has 5 nitrogen and oxygen atoms in total. The predicted octanol–water partition coefficient (Wildman–Crippen LogP) is 3.03. The van der Waals surface area contributed by atoms with E-state index in [2.05, 4.69) is 15.5 Å². The van der Waals surface area contributed by atoms with Gasteiger partial charge in [-0.15, -0.1) is 10.2 Å². The molecule has 20 heavy (non-hydrogen) atoms. The normalized spacial score (nSPS) is 10.7. The number of halogens is 1. The van der Waals surface area contributed by atoms with Crippen LogP contribution >= 0.6 is 11.6 Å². The maximum atomic E-state index is 11.0. The molecule has 0 aliphatic carbocycles. The van der Waals surface area contributed by atoms with E-state index in [0.29, 0.717) is 5.02 Å². The van der Waals surface area contributed by atoms with Crippen LogP contribution < -0.4 is 5.32 Å². The SMILES string of the molecule is CC(=O)Nc1ccc(-n2nc3ccc(Cl)cc3n2)cc1. The van der Waals surface area contributed by atoms with Gasteiger partial charge in [0.15, 0.2) is 0 Å². The minimum Gasteiger partial charge on any atom is -0.326 e. The lowest BCUT2D eigenvalue weighted by atomic mass is 10.3. The molecule has 0 saturated heterocycles. The molecule has 6 heteroatoms. The summed E-state index contributed by atoms with van der Waals surface area (Å²) in [6.45, 7) is 1.47. The van der Waals surface area contributed by atoms with Crippen LogP contribution in [0.3, 0.4) is 0 Å². The molecule has 0 atom stereocenters. The van der Waals surface area contributed by atoms with E-state index in [4.69, 9.17) is 11.6 Å².